The number of thioether (sulfide) groups is 1. The highest BCUT2D eigenvalue weighted by Gasteiger charge is 2.17. The Morgan fingerprint density at radius 2 is 1.73 bits per heavy atom. The molecule has 2 aromatic heterocycles. The Hall–Kier alpha value is -1.95. The van der Waals surface area contributed by atoms with Gasteiger partial charge in [-0.1, -0.05) is 63.1 Å². The van der Waals surface area contributed by atoms with Crippen LogP contribution in [-0.4, -0.2) is 29.6 Å². The Morgan fingerprint density at radius 3 is 2.48 bits per heavy atom. The minimum absolute atomic E-state index is 0.0913. The molecule has 0 amide bonds. The SMILES string of the molecule is CC(C)c1ccc(C(=O)c2cccs2)c(SCCCCCCNCCCc2ccccc2)n1. The third kappa shape index (κ3) is 8.73. The molecule has 0 saturated heterocycles. The van der Waals surface area contributed by atoms with E-state index in [9.17, 15) is 4.79 Å². The molecule has 5 heteroatoms. The molecule has 0 aliphatic heterocycles. The van der Waals surface area contributed by atoms with E-state index in [0.717, 1.165) is 52.8 Å². The molecule has 0 aliphatic rings. The number of aryl methyl sites for hydroxylation is 1. The molecule has 33 heavy (non-hydrogen) atoms. The number of pyridine rings is 1. The van der Waals surface area contributed by atoms with Gasteiger partial charge in [-0.05, 0) is 79.6 Å². The number of benzene rings is 1. The normalized spacial score (nSPS) is 11.2. The van der Waals surface area contributed by atoms with E-state index in [1.54, 1.807) is 11.8 Å². The van der Waals surface area contributed by atoms with Crippen molar-refractivity contribution in [2.75, 3.05) is 18.8 Å². The molecule has 0 spiro atoms. The summed E-state index contributed by atoms with van der Waals surface area (Å²) < 4.78 is 0. The van der Waals surface area contributed by atoms with Crippen LogP contribution in [0.3, 0.4) is 0 Å². The van der Waals surface area contributed by atoms with Gasteiger partial charge in [0.05, 0.1) is 10.4 Å². The number of carbonyl (C=O) groups is 1. The van der Waals surface area contributed by atoms with Crippen LogP contribution in [0.5, 0.6) is 0 Å². The van der Waals surface area contributed by atoms with E-state index in [4.69, 9.17) is 4.98 Å². The number of nitrogens with one attached hydrogen (secondary N) is 1. The van der Waals surface area contributed by atoms with E-state index in [2.05, 4.69) is 49.5 Å². The predicted octanol–water partition coefficient (Wildman–Crippen LogP) is 7.37. The minimum atomic E-state index is 0.0913. The second-order valence-corrected chi connectivity index (χ2v) is 10.7. The van der Waals surface area contributed by atoms with E-state index in [0.29, 0.717) is 5.92 Å². The zero-order valence-corrected chi connectivity index (χ0v) is 21.5. The second-order valence-electron chi connectivity index (χ2n) is 8.65. The Balaban J connectivity index is 1.33. The fourth-order valence-corrected chi connectivity index (χ4v) is 5.37. The molecule has 0 radical (unpaired) electrons. The highest BCUT2D eigenvalue weighted by atomic mass is 32.2. The quantitative estimate of drug-likeness (QED) is 0.140. The van der Waals surface area contributed by atoms with Gasteiger partial charge >= 0.3 is 0 Å². The van der Waals surface area contributed by atoms with Gasteiger partial charge < -0.3 is 5.32 Å². The van der Waals surface area contributed by atoms with Crippen molar-refractivity contribution < 1.29 is 4.79 Å². The molecular formula is C28H36N2OS2. The largest absolute Gasteiger partial charge is 0.317 e. The zero-order valence-electron chi connectivity index (χ0n) is 19.9. The molecular weight excluding hydrogens is 444 g/mol. The summed E-state index contributed by atoms with van der Waals surface area (Å²) in [5.41, 5.74) is 3.22. The molecule has 0 bridgehead atoms. The Bertz CT molecular complexity index is 955. The molecule has 0 atom stereocenters. The van der Waals surface area contributed by atoms with Gasteiger partial charge in [-0.3, -0.25) is 4.79 Å². The molecule has 0 aliphatic carbocycles. The van der Waals surface area contributed by atoms with Gasteiger partial charge in [0, 0.05) is 5.69 Å². The van der Waals surface area contributed by atoms with Gasteiger partial charge in [0.1, 0.15) is 5.03 Å². The molecule has 1 N–H and O–H groups in total. The average Bonchev–Trinajstić information content (AvgIpc) is 3.37. The van der Waals surface area contributed by atoms with Crippen molar-refractivity contribution >= 4 is 28.9 Å². The Kier molecular flexibility index (Phi) is 11.2. The van der Waals surface area contributed by atoms with E-state index >= 15 is 0 Å². The summed E-state index contributed by atoms with van der Waals surface area (Å²) in [7, 11) is 0. The first kappa shape index (κ1) is 25.7. The van der Waals surface area contributed by atoms with Crippen molar-refractivity contribution in [2.24, 2.45) is 0 Å². The first-order chi connectivity index (χ1) is 16.1. The molecule has 3 aromatic rings. The van der Waals surface area contributed by atoms with Gasteiger partial charge in [0.2, 0.25) is 5.78 Å². The number of ketones is 1. The Morgan fingerprint density at radius 1 is 0.939 bits per heavy atom. The molecule has 3 nitrogen and oxygen atoms in total. The number of thiophene rings is 1. The van der Waals surface area contributed by atoms with Crippen LogP contribution in [0, 0.1) is 0 Å². The lowest BCUT2D eigenvalue weighted by molar-refractivity contribution is 0.103. The van der Waals surface area contributed by atoms with Crippen molar-refractivity contribution in [3.05, 3.63) is 81.7 Å². The van der Waals surface area contributed by atoms with Gasteiger partial charge in [-0.25, -0.2) is 4.98 Å². The topological polar surface area (TPSA) is 42.0 Å². The number of nitrogens with zero attached hydrogens (tertiary/aromatic N) is 1. The van der Waals surface area contributed by atoms with Gasteiger partial charge in [0.25, 0.3) is 0 Å². The summed E-state index contributed by atoms with van der Waals surface area (Å²) in [6, 6.07) is 18.5. The van der Waals surface area contributed by atoms with Crippen LogP contribution < -0.4 is 5.32 Å². The molecule has 0 unspecified atom stereocenters. The number of unbranched alkanes of at least 4 members (excludes halogenated alkanes) is 3. The van der Waals surface area contributed by atoms with E-state index < -0.39 is 0 Å². The summed E-state index contributed by atoms with van der Waals surface area (Å²) in [6.07, 6.45) is 7.17. The Labute approximate surface area is 207 Å². The molecule has 1 aromatic carbocycles. The van der Waals surface area contributed by atoms with Crippen molar-refractivity contribution in [1.29, 1.82) is 0 Å². The van der Waals surface area contributed by atoms with Crippen molar-refractivity contribution in [3.8, 4) is 0 Å². The fraction of sp³-hybridized carbons (Fsp3) is 0.429. The maximum absolute atomic E-state index is 12.9. The molecule has 0 fully saturated rings. The van der Waals surface area contributed by atoms with Crippen molar-refractivity contribution in [2.45, 2.75) is 63.3 Å². The van der Waals surface area contributed by atoms with Crippen LogP contribution in [0.25, 0.3) is 0 Å². The van der Waals surface area contributed by atoms with Crippen LogP contribution in [0.1, 0.15) is 78.4 Å². The molecule has 176 valence electrons. The standard InChI is InChI=1S/C28H36N2OS2/c1-22(2)25-17-16-24(27(31)26-15-11-21-32-26)28(30-25)33-20-9-4-3-8-18-29-19-10-14-23-12-6-5-7-13-23/h5-7,11-13,15-17,21-22,29H,3-4,8-10,14,18-20H2,1-2H3. The summed E-state index contributed by atoms with van der Waals surface area (Å²) in [5.74, 6) is 1.45. The number of hydrogen-bond donors (Lipinski definition) is 1. The lowest BCUT2D eigenvalue weighted by Crippen LogP contribution is -2.17. The highest BCUT2D eigenvalue weighted by molar-refractivity contribution is 7.99. The third-order valence-corrected chi connectivity index (χ3v) is 7.56. The predicted molar refractivity (Wildman–Crippen MR) is 143 cm³/mol. The van der Waals surface area contributed by atoms with Crippen molar-refractivity contribution in [3.63, 3.8) is 0 Å². The number of hydrogen-bond acceptors (Lipinski definition) is 5. The lowest BCUT2D eigenvalue weighted by Gasteiger charge is -2.11. The maximum Gasteiger partial charge on any atom is 0.205 e. The fourth-order valence-electron chi connectivity index (χ4n) is 3.66. The highest BCUT2D eigenvalue weighted by Crippen LogP contribution is 2.28. The lowest BCUT2D eigenvalue weighted by atomic mass is 10.1. The first-order valence-electron chi connectivity index (χ1n) is 12.1. The maximum atomic E-state index is 12.9. The van der Waals surface area contributed by atoms with Crippen molar-refractivity contribution in [1.82, 2.24) is 10.3 Å². The van der Waals surface area contributed by atoms with Gasteiger partial charge in [0.15, 0.2) is 0 Å². The summed E-state index contributed by atoms with van der Waals surface area (Å²) in [5, 5.41) is 6.41. The minimum Gasteiger partial charge on any atom is -0.317 e. The van der Waals surface area contributed by atoms with Crippen LogP contribution in [0.4, 0.5) is 0 Å². The van der Waals surface area contributed by atoms with E-state index in [1.165, 1.54) is 42.6 Å². The monoisotopic (exact) mass is 480 g/mol. The van der Waals surface area contributed by atoms with Gasteiger partial charge in [-0.15, -0.1) is 23.1 Å². The van der Waals surface area contributed by atoms with Gasteiger partial charge in [-0.2, -0.15) is 0 Å². The molecule has 2 heterocycles. The van der Waals surface area contributed by atoms with E-state index in [-0.39, 0.29) is 5.78 Å². The van der Waals surface area contributed by atoms with Crippen LogP contribution in [0.15, 0.2) is 65.0 Å². The number of aromatic nitrogens is 1. The molecule has 0 saturated carbocycles. The first-order valence-corrected chi connectivity index (χ1v) is 14.0. The number of rotatable bonds is 15. The van der Waals surface area contributed by atoms with Crippen LogP contribution in [0.2, 0.25) is 0 Å². The third-order valence-electron chi connectivity index (χ3n) is 5.61. The molecule has 3 rings (SSSR count). The number of carbonyl (C=O) groups excluding carboxylic acids is 1. The van der Waals surface area contributed by atoms with Crippen LogP contribution in [-0.2, 0) is 6.42 Å². The average molecular weight is 481 g/mol. The summed E-state index contributed by atoms with van der Waals surface area (Å²) >= 11 is 3.23. The smallest absolute Gasteiger partial charge is 0.205 e. The summed E-state index contributed by atoms with van der Waals surface area (Å²) in [6.45, 7) is 6.48. The van der Waals surface area contributed by atoms with Crippen LogP contribution >= 0.6 is 23.1 Å². The zero-order chi connectivity index (χ0) is 23.3. The second kappa shape index (κ2) is 14.3. The van der Waals surface area contributed by atoms with E-state index in [1.807, 2.05) is 29.6 Å². The summed E-state index contributed by atoms with van der Waals surface area (Å²) in [4.78, 5) is 18.5.